The van der Waals surface area contributed by atoms with Crippen molar-refractivity contribution >= 4 is 0 Å². The zero-order valence-corrected chi connectivity index (χ0v) is 10.7. The second kappa shape index (κ2) is 5.33. The maximum atomic E-state index is 14.3. The molecule has 1 heterocycles. The van der Waals surface area contributed by atoms with E-state index in [2.05, 4.69) is 5.32 Å². The molecule has 0 amide bonds. The molecule has 18 heavy (non-hydrogen) atoms. The standard InChI is InChI=1S/C14H19F2NO/c1-10(2)11-4-3-5-12(8-11)14(15,16)13-9-17-6-7-18-13/h3-5,8,10,13,17H,6-7,9H2,1-2H3. The molecule has 1 aromatic carbocycles. The van der Waals surface area contributed by atoms with Gasteiger partial charge < -0.3 is 10.1 Å². The number of morpholine rings is 1. The number of nitrogens with one attached hydrogen (secondary N) is 1. The molecule has 0 radical (unpaired) electrons. The summed E-state index contributed by atoms with van der Waals surface area (Å²) in [5, 5.41) is 2.94. The van der Waals surface area contributed by atoms with Crippen LogP contribution in [0, 0.1) is 0 Å². The summed E-state index contributed by atoms with van der Waals surface area (Å²) in [7, 11) is 0. The van der Waals surface area contributed by atoms with Gasteiger partial charge in [-0.05, 0) is 17.5 Å². The maximum Gasteiger partial charge on any atom is 0.300 e. The Morgan fingerprint density at radius 3 is 2.78 bits per heavy atom. The summed E-state index contributed by atoms with van der Waals surface area (Å²) < 4.78 is 33.8. The number of rotatable bonds is 3. The first kappa shape index (κ1) is 13.4. The zero-order chi connectivity index (χ0) is 13.2. The summed E-state index contributed by atoms with van der Waals surface area (Å²) in [6.45, 7) is 5.16. The van der Waals surface area contributed by atoms with Crippen LogP contribution in [0.3, 0.4) is 0 Å². The Labute approximate surface area is 106 Å². The smallest absolute Gasteiger partial charge is 0.300 e. The summed E-state index contributed by atoms with van der Waals surface area (Å²) in [5.41, 5.74) is 0.971. The van der Waals surface area contributed by atoms with E-state index in [0.717, 1.165) is 5.56 Å². The average molecular weight is 255 g/mol. The fraction of sp³-hybridized carbons (Fsp3) is 0.571. The second-order valence-electron chi connectivity index (χ2n) is 4.97. The van der Waals surface area contributed by atoms with Gasteiger partial charge in [-0.25, -0.2) is 0 Å². The predicted molar refractivity (Wildman–Crippen MR) is 67.0 cm³/mol. The maximum absolute atomic E-state index is 14.3. The average Bonchev–Trinajstić information content (AvgIpc) is 2.40. The van der Waals surface area contributed by atoms with Crippen molar-refractivity contribution in [2.75, 3.05) is 19.7 Å². The predicted octanol–water partition coefficient (Wildman–Crippen LogP) is 2.89. The third-order valence-electron chi connectivity index (χ3n) is 3.27. The van der Waals surface area contributed by atoms with Gasteiger partial charge in [0.25, 0.3) is 5.92 Å². The zero-order valence-electron chi connectivity index (χ0n) is 10.7. The molecule has 0 bridgehead atoms. The molecule has 1 saturated heterocycles. The van der Waals surface area contributed by atoms with E-state index in [4.69, 9.17) is 4.74 Å². The van der Waals surface area contributed by atoms with Crippen LogP contribution in [0.5, 0.6) is 0 Å². The summed E-state index contributed by atoms with van der Waals surface area (Å²) in [6.07, 6.45) is -1.08. The van der Waals surface area contributed by atoms with Crippen molar-refractivity contribution in [1.29, 1.82) is 0 Å². The van der Waals surface area contributed by atoms with Crippen molar-refractivity contribution in [2.24, 2.45) is 0 Å². The Balaban J connectivity index is 2.25. The molecule has 0 saturated carbocycles. The van der Waals surface area contributed by atoms with Crippen LogP contribution >= 0.6 is 0 Å². The molecule has 1 fully saturated rings. The lowest BCUT2D eigenvalue weighted by Gasteiger charge is -2.31. The fourth-order valence-electron chi connectivity index (χ4n) is 2.09. The lowest BCUT2D eigenvalue weighted by atomic mass is 9.96. The van der Waals surface area contributed by atoms with Crippen LogP contribution in [0.1, 0.15) is 30.9 Å². The Bertz CT molecular complexity index is 401. The first-order chi connectivity index (χ1) is 8.51. The van der Waals surface area contributed by atoms with Gasteiger partial charge in [-0.15, -0.1) is 0 Å². The molecule has 0 aliphatic carbocycles. The summed E-state index contributed by atoms with van der Waals surface area (Å²) >= 11 is 0. The molecule has 1 N–H and O–H groups in total. The lowest BCUT2D eigenvalue weighted by molar-refractivity contribution is -0.151. The van der Waals surface area contributed by atoms with Crippen LogP contribution < -0.4 is 5.32 Å². The molecule has 1 aliphatic rings. The van der Waals surface area contributed by atoms with Crippen LogP contribution in [0.4, 0.5) is 8.78 Å². The molecule has 1 aliphatic heterocycles. The summed E-state index contributed by atoms with van der Waals surface area (Å²) in [6, 6.07) is 6.63. The van der Waals surface area contributed by atoms with E-state index in [1.807, 2.05) is 19.9 Å². The van der Waals surface area contributed by atoms with Crippen LogP contribution in [-0.4, -0.2) is 25.8 Å². The summed E-state index contributed by atoms with van der Waals surface area (Å²) in [4.78, 5) is 0. The van der Waals surface area contributed by atoms with E-state index in [1.165, 1.54) is 6.07 Å². The third-order valence-corrected chi connectivity index (χ3v) is 3.27. The highest BCUT2D eigenvalue weighted by Crippen LogP contribution is 2.35. The van der Waals surface area contributed by atoms with E-state index in [-0.39, 0.29) is 18.0 Å². The number of alkyl halides is 2. The number of halogens is 2. The summed E-state index contributed by atoms with van der Waals surface area (Å²) in [5.74, 6) is -2.70. The minimum absolute atomic E-state index is 0.0439. The van der Waals surface area contributed by atoms with Crippen LogP contribution in [-0.2, 0) is 10.7 Å². The first-order valence-electron chi connectivity index (χ1n) is 6.32. The number of hydrogen-bond donors (Lipinski definition) is 1. The minimum Gasteiger partial charge on any atom is -0.369 e. The topological polar surface area (TPSA) is 21.3 Å². The largest absolute Gasteiger partial charge is 0.369 e. The van der Waals surface area contributed by atoms with Gasteiger partial charge in [0.1, 0.15) is 6.10 Å². The number of hydrogen-bond acceptors (Lipinski definition) is 2. The molecule has 1 aromatic rings. The molecule has 0 spiro atoms. The lowest BCUT2D eigenvalue weighted by Crippen LogP contribution is -2.47. The highest BCUT2D eigenvalue weighted by molar-refractivity contribution is 5.29. The molecule has 2 nitrogen and oxygen atoms in total. The van der Waals surface area contributed by atoms with Crippen LogP contribution in [0.2, 0.25) is 0 Å². The van der Waals surface area contributed by atoms with Crippen molar-refractivity contribution in [3.8, 4) is 0 Å². The van der Waals surface area contributed by atoms with Gasteiger partial charge in [-0.3, -0.25) is 0 Å². The van der Waals surface area contributed by atoms with Crippen molar-refractivity contribution in [2.45, 2.75) is 31.8 Å². The highest BCUT2D eigenvalue weighted by atomic mass is 19.3. The molecule has 1 atom stereocenters. The molecular formula is C14H19F2NO. The van der Waals surface area contributed by atoms with Crippen LogP contribution in [0.25, 0.3) is 0 Å². The first-order valence-corrected chi connectivity index (χ1v) is 6.32. The van der Waals surface area contributed by atoms with E-state index in [9.17, 15) is 8.78 Å². The van der Waals surface area contributed by atoms with Crippen molar-refractivity contribution in [3.05, 3.63) is 35.4 Å². The molecule has 0 aromatic heterocycles. The Hall–Kier alpha value is -1.00. The number of benzene rings is 1. The monoisotopic (exact) mass is 255 g/mol. The van der Waals surface area contributed by atoms with Crippen molar-refractivity contribution in [1.82, 2.24) is 5.32 Å². The van der Waals surface area contributed by atoms with Gasteiger partial charge >= 0.3 is 0 Å². The van der Waals surface area contributed by atoms with Gasteiger partial charge in [0, 0.05) is 18.7 Å². The number of ether oxygens (including phenoxy) is 1. The van der Waals surface area contributed by atoms with E-state index in [1.54, 1.807) is 12.1 Å². The molecule has 2 rings (SSSR count). The van der Waals surface area contributed by atoms with E-state index >= 15 is 0 Å². The van der Waals surface area contributed by atoms with Crippen molar-refractivity contribution < 1.29 is 13.5 Å². The Morgan fingerprint density at radius 1 is 1.39 bits per heavy atom. The Morgan fingerprint density at radius 2 is 2.17 bits per heavy atom. The van der Waals surface area contributed by atoms with Gasteiger partial charge in [0.05, 0.1) is 6.61 Å². The van der Waals surface area contributed by atoms with Gasteiger partial charge in [-0.2, -0.15) is 8.78 Å². The quantitative estimate of drug-likeness (QED) is 0.896. The third kappa shape index (κ3) is 2.70. The second-order valence-corrected chi connectivity index (χ2v) is 4.97. The van der Waals surface area contributed by atoms with Gasteiger partial charge in [-0.1, -0.05) is 32.0 Å². The molecule has 4 heteroatoms. The van der Waals surface area contributed by atoms with Crippen LogP contribution in [0.15, 0.2) is 24.3 Å². The molecular weight excluding hydrogens is 236 g/mol. The van der Waals surface area contributed by atoms with Gasteiger partial charge in [0.2, 0.25) is 0 Å². The SMILES string of the molecule is CC(C)c1cccc(C(F)(F)C2CNCCO2)c1. The Kier molecular flexibility index (Phi) is 3.97. The molecule has 1 unspecified atom stereocenters. The fourth-order valence-corrected chi connectivity index (χ4v) is 2.09. The van der Waals surface area contributed by atoms with E-state index < -0.39 is 12.0 Å². The van der Waals surface area contributed by atoms with Gasteiger partial charge in [0.15, 0.2) is 0 Å². The van der Waals surface area contributed by atoms with E-state index in [0.29, 0.717) is 13.2 Å². The molecule has 100 valence electrons. The van der Waals surface area contributed by atoms with Crippen molar-refractivity contribution in [3.63, 3.8) is 0 Å². The normalized spacial score (nSPS) is 21.3. The highest BCUT2D eigenvalue weighted by Gasteiger charge is 2.43. The minimum atomic E-state index is -2.95.